The summed E-state index contributed by atoms with van der Waals surface area (Å²) in [5, 5.41) is 7.45. The van der Waals surface area contributed by atoms with Crippen LogP contribution in [-0.4, -0.2) is 0 Å². The molecule has 0 amide bonds. The van der Waals surface area contributed by atoms with Gasteiger partial charge < -0.3 is 0 Å². The molecule has 0 aliphatic carbocycles. The Morgan fingerprint density at radius 2 is 1.25 bits per heavy atom. The van der Waals surface area contributed by atoms with Crippen LogP contribution in [0.2, 0.25) is 0 Å². The summed E-state index contributed by atoms with van der Waals surface area (Å²) in [6.07, 6.45) is 1.59. The van der Waals surface area contributed by atoms with Crippen LogP contribution in [0.15, 0.2) is 60.7 Å². The fraction of sp³-hybridized carbons (Fsp3) is 0. The maximum atomic E-state index is 5.57. The van der Waals surface area contributed by atoms with Crippen molar-refractivity contribution in [2.75, 3.05) is 0 Å². The van der Waals surface area contributed by atoms with Gasteiger partial charge in [0.05, 0.1) is 0 Å². The zero-order valence-corrected chi connectivity index (χ0v) is 10.9. The molecule has 0 unspecified atom stereocenters. The van der Waals surface area contributed by atoms with Gasteiger partial charge in [-0.3, -0.25) is 0 Å². The second kappa shape index (κ2) is 4.21. The second-order valence-electron chi connectivity index (χ2n) is 5.08. The van der Waals surface area contributed by atoms with Crippen LogP contribution in [0.4, 0.5) is 0 Å². The molecule has 0 aliphatic rings. The van der Waals surface area contributed by atoms with Crippen LogP contribution in [0.25, 0.3) is 38.4 Å². The van der Waals surface area contributed by atoms with E-state index >= 15 is 0 Å². The number of rotatable bonds is 1. The quantitative estimate of drug-likeness (QED) is 0.398. The van der Waals surface area contributed by atoms with E-state index in [1.807, 2.05) is 6.07 Å². The van der Waals surface area contributed by atoms with E-state index in [0.717, 1.165) is 5.56 Å². The van der Waals surface area contributed by atoms with E-state index in [9.17, 15) is 0 Å². The van der Waals surface area contributed by atoms with Crippen molar-refractivity contribution in [3.63, 3.8) is 0 Å². The Kier molecular flexibility index (Phi) is 2.37. The molecule has 0 spiro atoms. The number of hydrogen-bond acceptors (Lipinski definition) is 0. The molecule has 0 aromatic heterocycles. The van der Waals surface area contributed by atoms with Crippen molar-refractivity contribution in [1.29, 1.82) is 0 Å². The topological polar surface area (TPSA) is 0 Å². The molecule has 2 radical (unpaired) electrons. The highest BCUT2D eigenvalue weighted by Crippen LogP contribution is 2.27. The highest BCUT2D eigenvalue weighted by Gasteiger charge is 2.01. The highest BCUT2D eigenvalue weighted by molar-refractivity contribution is 6.04. The highest BCUT2D eigenvalue weighted by atomic mass is 14.1. The van der Waals surface area contributed by atoms with Crippen molar-refractivity contribution in [2.24, 2.45) is 0 Å². The molecule has 0 saturated heterocycles. The third-order valence-corrected chi connectivity index (χ3v) is 3.79. The summed E-state index contributed by atoms with van der Waals surface area (Å²) < 4.78 is 0. The van der Waals surface area contributed by atoms with E-state index in [1.54, 1.807) is 6.08 Å². The zero-order chi connectivity index (χ0) is 13.5. The van der Waals surface area contributed by atoms with Crippen molar-refractivity contribution in [1.82, 2.24) is 0 Å². The molecule has 0 nitrogen and oxygen atoms in total. The van der Waals surface area contributed by atoms with Gasteiger partial charge in [0.25, 0.3) is 0 Å². The van der Waals surface area contributed by atoms with Crippen LogP contribution in [-0.2, 0) is 0 Å². The summed E-state index contributed by atoms with van der Waals surface area (Å²) in [5.74, 6) is 0. The Hall–Kier alpha value is -2.60. The van der Waals surface area contributed by atoms with E-state index in [-0.39, 0.29) is 0 Å². The predicted octanol–water partition coefficient (Wildman–Crippen LogP) is 5.39. The first kappa shape index (κ1) is 11.2. The Bertz CT molecular complexity index is 961. The molecule has 0 heteroatoms. The van der Waals surface area contributed by atoms with Crippen molar-refractivity contribution >= 4 is 38.4 Å². The predicted molar refractivity (Wildman–Crippen MR) is 86.6 cm³/mol. The maximum absolute atomic E-state index is 5.57. The Morgan fingerprint density at radius 1 is 0.700 bits per heavy atom. The molecule has 0 fully saturated rings. The molecular weight excluding hydrogens is 240 g/mol. The lowest BCUT2D eigenvalue weighted by Gasteiger charge is -2.05. The summed E-state index contributed by atoms with van der Waals surface area (Å²) in [6.45, 7) is 5.57. The lowest BCUT2D eigenvalue weighted by Crippen LogP contribution is -1.80. The molecule has 0 aliphatic heterocycles. The summed E-state index contributed by atoms with van der Waals surface area (Å²) >= 11 is 0. The smallest absolute Gasteiger partial charge is 0.00988 e. The molecule has 0 heterocycles. The summed E-state index contributed by atoms with van der Waals surface area (Å²) in [5.41, 5.74) is 0.928. The third kappa shape index (κ3) is 1.70. The van der Waals surface area contributed by atoms with Gasteiger partial charge in [-0.2, -0.15) is 0 Å². The molecule has 0 atom stereocenters. The van der Waals surface area contributed by atoms with Crippen LogP contribution < -0.4 is 0 Å². The van der Waals surface area contributed by atoms with Gasteiger partial charge in [0, 0.05) is 0 Å². The molecule has 0 bridgehead atoms. The minimum absolute atomic E-state index is 0.928. The first-order valence-corrected chi connectivity index (χ1v) is 6.66. The van der Waals surface area contributed by atoms with Crippen molar-refractivity contribution in [3.8, 4) is 0 Å². The Balaban J connectivity index is 2.12. The monoisotopic (exact) mass is 252 g/mol. The van der Waals surface area contributed by atoms with Gasteiger partial charge in [0.1, 0.15) is 0 Å². The second-order valence-corrected chi connectivity index (χ2v) is 5.08. The van der Waals surface area contributed by atoms with Gasteiger partial charge in [-0.05, 0) is 80.3 Å². The fourth-order valence-corrected chi connectivity index (χ4v) is 2.74. The van der Waals surface area contributed by atoms with Gasteiger partial charge in [0.15, 0.2) is 0 Å². The van der Waals surface area contributed by atoms with Gasteiger partial charge >= 0.3 is 0 Å². The minimum Gasteiger partial charge on any atom is -0.0616 e. The molecule has 92 valence electrons. The SMILES string of the molecule is [CH]=Cc1[c]cc2cc3cc4ccccc4cc3cc2c1. The van der Waals surface area contributed by atoms with E-state index in [1.165, 1.54) is 32.3 Å². The van der Waals surface area contributed by atoms with Crippen molar-refractivity contribution in [2.45, 2.75) is 0 Å². The molecule has 4 rings (SSSR count). The third-order valence-electron chi connectivity index (χ3n) is 3.79. The van der Waals surface area contributed by atoms with E-state index in [0.29, 0.717) is 0 Å². The van der Waals surface area contributed by atoms with Crippen molar-refractivity contribution < 1.29 is 0 Å². The molecular formula is C20H12. The van der Waals surface area contributed by atoms with Crippen LogP contribution in [0, 0.1) is 12.6 Å². The minimum atomic E-state index is 0.928. The summed E-state index contributed by atoms with van der Waals surface area (Å²) in [7, 11) is 0. The molecule has 0 N–H and O–H groups in total. The van der Waals surface area contributed by atoms with Crippen LogP contribution in [0.3, 0.4) is 0 Å². The van der Waals surface area contributed by atoms with E-state index in [4.69, 9.17) is 6.58 Å². The van der Waals surface area contributed by atoms with Crippen LogP contribution in [0.1, 0.15) is 5.56 Å². The Morgan fingerprint density at radius 3 is 1.90 bits per heavy atom. The number of benzene rings is 4. The largest absolute Gasteiger partial charge is 0.0616 e. The molecule has 0 saturated carbocycles. The van der Waals surface area contributed by atoms with Crippen LogP contribution in [0.5, 0.6) is 0 Å². The van der Waals surface area contributed by atoms with E-state index < -0.39 is 0 Å². The molecule has 20 heavy (non-hydrogen) atoms. The van der Waals surface area contributed by atoms with Gasteiger partial charge in [-0.25, -0.2) is 0 Å². The summed E-state index contributed by atoms with van der Waals surface area (Å²) in [6, 6.07) is 24.6. The molecule has 4 aromatic rings. The average molecular weight is 252 g/mol. The first-order valence-electron chi connectivity index (χ1n) is 6.66. The van der Waals surface area contributed by atoms with Crippen molar-refractivity contribution in [3.05, 3.63) is 78.9 Å². The zero-order valence-electron chi connectivity index (χ0n) is 10.9. The Labute approximate surface area is 118 Å². The molecule has 4 aromatic carbocycles. The normalized spacial score (nSPS) is 11.2. The number of hydrogen-bond donors (Lipinski definition) is 0. The summed E-state index contributed by atoms with van der Waals surface area (Å²) in [4.78, 5) is 0. The maximum Gasteiger partial charge on any atom is -0.00988 e. The first-order chi connectivity index (χ1) is 9.83. The van der Waals surface area contributed by atoms with Crippen LogP contribution >= 0.6 is 0 Å². The lowest BCUT2D eigenvalue weighted by atomic mass is 9.99. The number of fused-ring (bicyclic) bond motifs is 3. The standard InChI is InChI=1S/C20H12/c1-2-14-7-8-17-12-19-10-15-5-3-4-6-16(15)11-20(19)13-18(17)9-14/h1-6,8-13H. The van der Waals surface area contributed by atoms with E-state index in [2.05, 4.69) is 60.7 Å². The fourth-order valence-electron chi connectivity index (χ4n) is 2.74. The van der Waals surface area contributed by atoms with Gasteiger partial charge in [-0.15, -0.1) is 0 Å². The lowest BCUT2D eigenvalue weighted by molar-refractivity contribution is 1.71. The average Bonchev–Trinajstić information content (AvgIpc) is 2.50. The van der Waals surface area contributed by atoms with Gasteiger partial charge in [-0.1, -0.05) is 36.9 Å². The van der Waals surface area contributed by atoms with Gasteiger partial charge in [0.2, 0.25) is 0 Å².